The number of amides is 2. The highest BCUT2D eigenvalue weighted by atomic mass is 19.3. The quantitative estimate of drug-likeness (QED) is 0.778. The summed E-state index contributed by atoms with van der Waals surface area (Å²) in [6.45, 7) is -2.23. The smallest absolute Gasteiger partial charge is 0.387 e. The molecule has 1 fully saturated rings. The number of hydrogen-bond acceptors (Lipinski definition) is 3. The van der Waals surface area contributed by atoms with Crippen LogP contribution in [0.1, 0.15) is 18.4 Å². The van der Waals surface area contributed by atoms with Gasteiger partial charge in [0.25, 0.3) is 0 Å². The van der Waals surface area contributed by atoms with Crippen LogP contribution >= 0.6 is 0 Å². The number of halogens is 2. The SMILES string of the molecule is O=C(/C=C/c1ccccc1OC(F)F)Nc1ccc(N2CCCC2=O)cc1. The number of nitrogens with one attached hydrogen (secondary N) is 1. The number of anilines is 2. The van der Waals surface area contributed by atoms with Crippen LogP contribution in [-0.2, 0) is 9.59 Å². The lowest BCUT2D eigenvalue weighted by Crippen LogP contribution is -2.23. The van der Waals surface area contributed by atoms with E-state index in [0.717, 1.165) is 12.1 Å². The fourth-order valence-electron chi connectivity index (χ4n) is 2.82. The molecule has 1 aliphatic heterocycles. The third-order valence-electron chi connectivity index (χ3n) is 4.07. The molecule has 27 heavy (non-hydrogen) atoms. The first-order valence-corrected chi connectivity index (χ1v) is 8.46. The second kappa shape index (κ2) is 8.44. The molecule has 1 heterocycles. The van der Waals surface area contributed by atoms with Crippen LogP contribution in [0.2, 0.25) is 0 Å². The summed E-state index contributed by atoms with van der Waals surface area (Å²) in [5, 5.41) is 2.68. The lowest BCUT2D eigenvalue weighted by Gasteiger charge is -2.15. The van der Waals surface area contributed by atoms with Crippen molar-refractivity contribution in [2.24, 2.45) is 0 Å². The third-order valence-corrected chi connectivity index (χ3v) is 4.07. The van der Waals surface area contributed by atoms with Crippen LogP contribution in [0.3, 0.4) is 0 Å². The van der Waals surface area contributed by atoms with Gasteiger partial charge in [0.2, 0.25) is 11.8 Å². The lowest BCUT2D eigenvalue weighted by atomic mass is 10.2. The van der Waals surface area contributed by atoms with Gasteiger partial charge in [-0.15, -0.1) is 0 Å². The average molecular weight is 372 g/mol. The van der Waals surface area contributed by atoms with Gasteiger partial charge in [0.15, 0.2) is 0 Å². The van der Waals surface area contributed by atoms with E-state index in [4.69, 9.17) is 0 Å². The Morgan fingerprint density at radius 2 is 1.89 bits per heavy atom. The Morgan fingerprint density at radius 3 is 2.56 bits per heavy atom. The Labute approximate surface area is 155 Å². The van der Waals surface area contributed by atoms with Gasteiger partial charge < -0.3 is 15.0 Å². The van der Waals surface area contributed by atoms with Gasteiger partial charge in [0.1, 0.15) is 5.75 Å². The monoisotopic (exact) mass is 372 g/mol. The molecule has 0 aliphatic carbocycles. The number of carbonyl (C=O) groups excluding carboxylic acids is 2. The Balaban J connectivity index is 1.62. The van der Waals surface area contributed by atoms with E-state index in [1.165, 1.54) is 18.2 Å². The second-order valence-corrected chi connectivity index (χ2v) is 5.93. The molecule has 0 atom stereocenters. The predicted octanol–water partition coefficient (Wildman–Crippen LogP) is 4.07. The number of ether oxygens (including phenoxy) is 1. The van der Waals surface area contributed by atoms with Crippen LogP contribution in [-0.4, -0.2) is 25.0 Å². The lowest BCUT2D eigenvalue weighted by molar-refractivity contribution is -0.117. The Bertz CT molecular complexity index is 851. The molecule has 0 spiro atoms. The van der Waals surface area contributed by atoms with Gasteiger partial charge >= 0.3 is 6.61 Å². The minimum Gasteiger partial charge on any atom is -0.434 e. The molecule has 0 unspecified atom stereocenters. The highest BCUT2D eigenvalue weighted by Crippen LogP contribution is 2.24. The molecule has 0 saturated carbocycles. The number of para-hydroxylation sites is 1. The van der Waals surface area contributed by atoms with E-state index >= 15 is 0 Å². The summed E-state index contributed by atoms with van der Waals surface area (Å²) in [4.78, 5) is 25.5. The van der Waals surface area contributed by atoms with Crippen LogP contribution in [0.15, 0.2) is 54.6 Å². The minimum absolute atomic E-state index is 0.00353. The summed E-state index contributed by atoms with van der Waals surface area (Å²) in [5.41, 5.74) is 1.73. The van der Waals surface area contributed by atoms with E-state index in [-0.39, 0.29) is 11.7 Å². The third kappa shape index (κ3) is 4.91. The number of carbonyl (C=O) groups is 2. The molecule has 0 aromatic heterocycles. The largest absolute Gasteiger partial charge is 0.434 e. The highest BCUT2D eigenvalue weighted by Gasteiger charge is 2.21. The van der Waals surface area contributed by atoms with Crippen molar-refractivity contribution in [3.05, 3.63) is 60.2 Å². The van der Waals surface area contributed by atoms with Crippen molar-refractivity contribution >= 4 is 29.3 Å². The van der Waals surface area contributed by atoms with Crippen LogP contribution in [0.4, 0.5) is 20.2 Å². The van der Waals surface area contributed by atoms with Crippen molar-refractivity contribution in [2.45, 2.75) is 19.5 Å². The number of benzene rings is 2. The van der Waals surface area contributed by atoms with Crippen molar-refractivity contribution in [3.8, 4) is 5.75 Å². The number of rotatable bonds is 6. The molecule has 0 bridgehead atoms. The molecule has 2 aromatic carbocycles. The number of hydrogen-bond donors (Lipinski definition) is 1. The zero-order valence-electron chi connectivity index (χ0n) is 14.4. The first-order valence-electron chi connectivity index (χ1n) is 8.46. The van der Waals surface area contributed by atoms with E-state index in [9.17, 15) is 18.4 Å². The molecular weight excluding hydrogens is 354 g/mol. The zero-order valence-corrected chi connectivity index (χ0v) is 14.4. The van der Waals surface area contributed by atoms with Gasteiger partial charge in [-0.3, -0.25) is 9.59 Å². The Hall–Kier alpha value is -3.22. The van der Waals surface area contributed by atoms with Crippen LogP contribution in [0, 0.1) is 0 Å². The normalized spacial score (nSPS) is 14.2. The average Bonchev–Trinajstić information content (AvgIpc) is 3.07. The van der Waals surface area contributed by atoms with Gasteiger partial charge in [-0.25, -0.2) is 0 Å². The maximum atomic E-state index is 12.4. The van der Waals surface area contributed by atoms with Crippen molar-refractivity contribution in [1.82, 2.24) is 0 Å². The van der Waals surface area contributed by atoms with Crippen molar-refractivity contribution in [3.63, 3.8) is 0 Å². The summed E-state index contributed by atoms with van der Waals surface area (Å²) < 4.78 is 29.2. The first-order chi connectivity index (χ1) is 13.0. The Kier molecular flexibility index (Phi) is 5.80. The number of alkyl halides is 2. The van der Waals surface area contributed by atoms with Gasteiger partial charge in [0, 0.05) is 36.0 Å². The van der Waals surface area contributed by atoms with Crippen LogP contribution in [0.25, 0.3) is 6.08 Å². The molecule has 1 N–H and O–H groups in total. The van der Waals surface area contributed by atoms with E-state index in [1.54, 1.807) is 47.4 Å². The van der Waals surface area contributed by atoms with E-state index in [2.05, 4.69) is 10.1 Å². The molecule has 1 aliphatic rings. The maximum Gasteiger partial charge on any atom is 0.387 e. The summed E-state index contributed by atoms with van der Waals surface area (Å²) in [7, 11) is 0. The van der Waals surface area contributed by atoms with Crippen LogP contribution in [0.5, 0.6) is 5.75 Å². The Morgan fingerprint density at radius 1 is 1.15 bits per heavy atom. The molecular formula is C20H18F2N2O3. The number of nitrogens with zero attached hydrogens (tertiary/aromatic N) is 1. The molecule has 2 amide bonds. The van der Waals surface area contributed by atoms with Gasteiger partial charge in [-0.05, 0) is 42.8 Å². The minimum atomic E-state index is -2.94. The molecule has 7 heteroatoms. The highest BCUT2D eigenvalue weighted by molar-refractivity contribution is 6.02. The summed E-state index contributed by atoms with van der Waals surface area (Å²) in [6.07, 6.45) is 4.05. The van der Waals surface area contributed by atoms with Crippen molar-refractivity contribution in [1.29, 1.82) is 0 Å². The van der Waals surface area contributed by atoms with Gasteiger partial charge in [0.05, 0.1) is 0 Å². The van der Waals surface area contributed by atoms with Crippen molar-refractivity contribution < 1.29 is 23.1 Å². The second-order valence-electron chi connectivity index (χ2n) is 5.93. The van der Waals surface area contributed by atoms with E-state index in [1.807, 2.05) is 0 Å². The molecule has 1 saturated heterocycles. The molecule has 2 aromatic rings. The van der Waals surface area contributed by atoms with Gasteiger partial charge in [-0.2, -0.15) is 8.78 Å². The van der Waals surface area contributed by atoms with E-state index in [0.29, 0.717) is 24.2 Å². The topological polar surface area (TPSA) is 58.6 Å². The van der Waals surface area contributed by atoms with E-state index < -0.39 is 12.5 Å². The van der Waals surface area contributed by atoms with Crippen LogP contribution < -0.4 is 15.0 Å². The standard InChI is InChI=1S/C20H18F2N2O3/c21-20(22)27-17-5-2-1-4-14(17)7-12-18(25)23-15-8-10-16(11-9-15)24-13-3-6-19(24)26/h1-2,4-5,7-12,20H,3,6,13H2,(H,23,25)/b12-7+. The predicted molar refractivity (Wildman–Crippen MR) is 98.8 cm³/mol. The summed E-state index contributed by atoms with van der Waals surface area (Å²) in [6, 6.07) is 13.2. The molecule has 3 rings (SSSR count). The molecule has 140 valence electrons. The van der Waals surface area contributed by atoms with Crippen molar-refractivity contribution in [2.75, 3.05) is 16.8 Å². The fourth-order valence-corrected chi connectivity index (χ4v) is 2.82. The molecule has 5 nitrogen and oxygen atoms in total. The summed E-state index contributed by atoms with van der Waals surface area (Å²) >= 11 is 0. The zero-order chi connectivity index (χ0) is 19.2. The maximum absolute atomic E-state index is 12.4. The van der Waals surface area contributed by atoms with Gasteiger partial charge in [-0.1, -0.05) is 18.2 Å². The first kappa shape index (κ1) is 18.6. The molecule has 0 radical (unpaired) electrons. The fraction of sp³-hybridized carbons (Fsp3) is 0.200. The summed E-state index contributed by atoms with van der Waals surface area (Å²) in [5.74, 6) is -0.317.